The minimum absolute atomic E-state index is 0.0388. The SMILES string of the molecule is CCOc1ccnc(OC2COCC2C)n1. The minimum Gasteiger partial charge on any atom is -0.478 e. The van der Waals surface area contributed by atoms with Crippen molar-refractivity contribution in [1.82, 2.24) is 9.97 Å². The van der Waals surface area contributed by atoms with Gasteiger partial charge in [-0.1, -0.05) is 6.92 Å². The van der Waals surface area contributed by atoms with E-state index in [1.54, 1.807) is 12.3 Å². The van der Waals surface area contributed by atoms with E-state index in [-0.39, 0.29) is 6.10 Å². The summed E-state index contributed by atoms with van der Waals surface area (Å²) in [5.74, 6) is 0.915. The summed E-state index contributed by atoms with van der Waals surface area (Å²) in [5.41, 5.74) is 0. The lowest BCUT2D eigenvalue weighted by Crippen LogP contribution is -2.24. The van der Waals surface area contributed by atoms with Gasteiger partial charge < -0.3 is 14.2 Å². The summed E-state index contributed by atoms with van der Waals surface area (Å²) in [7, 11) is 0. The standard InChI is InChI=1S/C11H16N2O3/c1-3-15-10-4-5-12-11(13-10)16-9-7-14-6-8(9)2/h4-5,8-9H,3,6-7H2,1-2H3. The van der Waals surface area contributed by atoms with E-state index in [4.69, 9.17) is 14.2 Å². The Morgan fingerprint density at radius 1 is 1.50 bits per heavy atom. The lowest BCUT2D eigenvalue weighted by atomic mass is 10.1. The van der Waals surface area contributed by atoms with Crippen molar-refractivity contribution in [3.05, 3.63) is 12.3 Å². The van der Waals surface area contributed by atoms with Crippen molar-refractivity contribution in [2.45, 2.75) is 20.0 Å². The van der Waals surface area contributed by atoms with Crippen molar-refractivity contribution >= 4 is 0 Å². The maximum Gasteiger partial charge on any atom is 0.320 e. The lowest BCUT2D eigenvalue weighted by Gasteiger charge is -2.14. The Kier molecular flexibility index (Phi) is 3.56. The summed E-state index contributed by atoms with van der Waals surface area (Å²) < 4.78 is 16.2. The van der Waals surface area contributed by atoms with Crippen LogP contribution < -0.4 is 9.47 Å². The molecule has 1 aliphatic heterocycles. The third-order valence-corrected chi connectivity index (χ3v) is 2.45. The molecule has 2 atom stereocenters. The van der Waals surface area contributed by atoms with Gasteiger partial charge in [-0.3, -0.25) is 0 Å². The van der Waals surface area contributed by atoms with Gasteiger partial charge in [-0.05, 0) is 6.92 Å². The second-order valence-electron chi connectivity index (χ2n) is 3.78. The summed E-state index contributed by atoms with van der Waals surface area (Å²) >= 11 is 0. The van der Waals surface area contributed by atoms with Gasteiger partial charge in [-0.15, -0.1) is 0 Å². The molecule has 0 aliphatic carbocycles. The first kappa shape index (κ1) is 11.1. The number of rotatable bonds is 4. The average Bonchev–Trinajstić information content (AvgIpc) is 2.66. The van der Waals surface area contributed by atoms with Crippen LogP contribution in [0.25, 0.3) is 0 Å². The number of ether oxygens (including phenoxy) is 3. The predicted octanol–water partition coefficient (Wildman–Crippen LogP) is 1.29. The first-order valence-corrected chi connectivity index (χ1v) is 5.50. The van der Waals surface area contributed by atoms with E-state index in [1.807, 2.05) is 6.92 Å². The van der Waals surface area contributed by atoms with Crippen LogP contribution in [0.5, 0.6) is 11.9 Å². The number of hydrogen-bond donors (Lipinski definition) is 0. The number of nitrogens with zero attached hydrogens (tertiary/aromatic N) is 2. The molecule has 0 amide bonds. The van der Waals surface area contributed by atoms with Gasteiger partial charge >= 0.3 is 6.01 Å². The smallest absolute Gasteiger partial charge is 0.320 e. The van der Waals surface area contributed by atoms with Crippen LogP contribution in [0.4, 0.5) is 0 Å². The molecule has 88 valence electrons. The second-order valence-corrected chi connectivity index (χ2v) is 3.78. The van der Waals surface area contributed by atoms with E-state index in [2.05, 4.69) is 16.9 Å². The fourth-order valence-corrected chi connectivity index (χ4v) is 1.54. The minimum atomic E-state index is 0.0388. The number of aromatic nitrogens is 2. The molecule has 0 N–H and O–H groups in total. The summed E-state index contributed by atoms with van der Waals surface area (Å²) in [4.78, 5) is 8.20. The maximum absolute atomic E-state index is 5.65. The highest BCUT2D eigenvalue weighted by atomic mass is 16.6. The van der Waals surface area contributed by atoms with Crippen molar-refractivity contribution in [2.24, 2.45) is 5.92 Å². The summed E-state index contributed by atoms with van der Waals surface area (Å²) in [6, 6.07) is 2.07. The Morgan fingerprint density at radius 3 is 3.06 bits per heavy atom. The molecule has 0 bridgehead atoms. The molecule has 1 aliphatic rings. The lowest BCUT2D eigenvalue weighted by molar-refractivity contribution is 0.128. The normalized spacial score (nSPS) is 24.4. The zero-order valence-corrected chi connectivity index (χ0v) is 9.55. The molecule has 0 radical (unpaired) electrons. The third-order valence-electron chi connectivity index (χ3n) is 2.45. The van der Waals surface area contributed by atoms with E-state index >= 15 is 0 Å². The Hall–Kier alpha value is -1.36. The van der Waals surface area contributed by atoms with Gasteiger partial charge in [0.25, 0.3) is 0 Å². The first-order valence-electron chi connectivity index (χ1n) is 5.50. The molecule has 1 aromatic heterocycles. The molecule has 0 spiro atoms. The fourth-order valence-electron chi connectivity index (χ4n) is 1.54. The zero-order valence-electron chi connectivity index (χ0n) is 9.55. The second kappa shape index (κ2) is 5.12. The molecule has 5 heteroatoms. The first-order chi connectivity index (χ1) is 7.79. The molecule has 0 aromatic carbocycles. The Bertz CT molecular complexity index is 346. The van der Waals surface area contributed by atoms with E-state index in [1.165, 1.54) is 0 Å². The molecule has 1 saturated heterocycles. The van der Waals surface area contributed by atoms with Crippen LogP contribution >= 0.6 is 0 Å². The van der Waals surface area contributed by atoms with Crippen molar-refractivity contribution in [3.8, 4) is 11.9 Å². The summed E-state index contributed by atoms with van der Waals surface area (Å²) in [6.45, 7) is 5.91. The molecule has 2 heterocycles. The van der Waals surface area contributed by atoms with Crippen molar-refractivity contribution in [3.63, 3.8) is 0 Å². The monoisotopic (exact) mass is 224 g/mol. The molecule has 1 aromatic rings. The summed E-state index contributed by atoms with van der Waals surface area (Å²) in [5, 5.41) is 0. The highest BCUT2D eigenvalue weighted by molar-refractivity contribution is 5.11. The molecular formula is C11H16N2O3. The summed E-state index contributed by atoms with van der Waals surface area (Å²) in [6.07, 6.45) is 1.67. The van der Waals surface area contributed by atoms with E-state index in [0.29, 0.717) is 31.0 Å². The topological polar surface area (TPSA) is 53.5 Å². The van der Waals surface area contributed by atoms with Crippen LogP contribution in [-0.4, -0.2) is 35.9 Å². The quantitative estimate of drug-likeness (QED) is 0.771. The van der Waals surface area contributed by atoms with Crippen LogP contribution in [0, 0.1) is 5.92 Å². The van der Waals surface area contributed by atoms with Gasteiger partial charge in [-0.2, -0.15) is 4.98 Å². The molecule has 2 rings (SSSR count). The number of hydrogen-bond acceptors (Lipinski definition) is 5. The van der Waals surface area contributed by atoms with Crippen molar-refractivity contribution < 1.29 is 14.2 Å². The molecule has 5 nitrogen and oxygen atoms in total. The third kappa shape index (κ3) is 2.61. The highest BCUT2D eigenvalue weighted by Crippen LogP contribution is 2.19. The van der Waals surface area contributed by atoms with Crippen LogP contribution in [0.1, 0.15) is 13.8 Å². The Balaban J connectivity index is 2.00. The predicted molar refractivity (Wildman–Crippen MR) is 57.6 cm³/mol. The molecule has 2 unspecified atom stereocenters. The van der Waals surface area contributed by atoms with Gasteiger partial charge in [0, 0.05) is 18.2 Å². The van der Waals surface area contributed by atoms with E-state index < -0.39 is 0 Å². The van der Waals surface area contributed by atoms with E-state index in [0.717, 1.165) is 6.61 Å². The van der Waals surface area contributed by atoms with Gasteiger partial charge in [-0.25, -0.2) is 4.98 Å². The Labute approximate surface area is 94.8 Å². The van der Waals surface area contributed by atoms with Gasteiger partial charge in [0.2, 0.25) is 5.88 Å². The van der Waals surface area contributed by atoms with Crippen LogP contribution in [0.2, 0.25) is 0 Å². The largest absolute Gasteiger partial charge is 0.478 e. The maximum atomic E-state index is 5.65. The zero-order chi connectivity index (χ0) is 11.4. The van der Waals surface area contributed by atoms with Crippen molar-refractivity contribution in [2.75, 3.05) is 19.8 Å². The molecule has 1 fully saturated rings. The molecular weight excluding hydrogens is 208 g/mol. The average molecular weight is 224 g/mol. The van der Waals surface area contributed by atoms with Crippen LogP contribution in [-0.2, 0) is 4.74 Å². The van der Waals surface area contributed by atoms with Crippen molar-refractivity contribution in [1.29, 1.82) is 0 Å². The van der Waals surface area contributed by atoms with Gasteiger partial charge in [0.05, 0.1) is 19.8 Å². The van der Waals surface area contributed by atoms with Crippen LogP contribution in [0.3, 0.4) is 0 Å². The molecule has 16 heavy (non-hydrogen) atoms. The Morgan fingerprint density at radius 2 is 2.38 bits per heavy atom. The van der Waals surface area contributed by atoms with Gasteiger partial charge in [0.1, 0.15) is 6.10 Å². The van der Waals surface area contributed by atoms with E-state index in [9.17, 15) is 0 Å². The van der Waals surface area contributed by atoms with Gasteiger partial charge in [0.15, 0.2) is 0 Å². The molecule has 0 saturated carbocycles. The van der Waals surface area contributed by atoms with Crippen LogP contribution in [0.15, 0.2) is 12.3 Å². The fraction of sp³-hybridized carbons (Fsp3) is 0.636. The highest BCUT2D eigenvalue weighted by Gasteiger charge is 2.26.